The standard InChI is InChI=1S/C11H15NO4.ClH/c1-2-16-11(15)8(12)5-7-3-4-9(13)10(14)6-7;/h3-4,6,8,13-14H,2,5,12H2,1H3;1H. The number of hydrogen-bond acceptors (Lipinski definition) is 5. The van der Waals surface area contributed by atoms with Gasteiger partial charge in [-0.1, -0.05) is 6.07 Å². The minimum Gasteiger partial charge on any atom is -0.504 e. The van der Waals surface area contributed by atoms with Gasteiger partial charge in [0.2, 0.25) is 0 Å². The lowest BCUT2D eigenvalue weighted by atomic mass is 10.1. The van der Waals surface area contributed by atoms with Crippen LogP contribution < -0.4 is 5.73 Å². The Morgan fingerprint density at radius 3 is 2.59 bits per heavy atom. The first kappa shape index (κ1) is 15.5. The van der Waals surface area contributed by atoms with E-state index in [1.165, 1.54) is 12.1 Å². The first-order valence-electron chi connectivity index (χ1n) is 4.97. The minimum atomic E-state index is -0.760. The van der Waals surface area contributed by atoms with Crippen LogP contribution in [-0.4, -0.2) is 28.8 Å². The van der Waals surface area contributed by atoms with Gasteiger partial charge >= 0.3 is 5.97 Å². The number of halogens is 1. The number of nitrogens with two attached hydrogens (primary N) is 1. The number of esters is 1. The summed E-state index contributed by atoms with van der Waals surface area (Å²) < 4.78 is 4.75. The predicted octanol–water partition coefficient (Wildman–Crippen LogP) is 0.952. The van der Waals surface area contributed by atoms with E-state index in [4.69, 9.17) is 15.6 Å². The van der Waals surface area contributed by atoms with Crippen molar-refractivity contribution in [2.24, 2.45) is 5.73 Å². The highest BCUT2D eigenvalue weighted by Gasteiger charge is 2.15. The van der Waals surface area contributed by atoms with Gasteiger partial charge in [-0.25, -0.2) is 0 Å². The summed E-state index contributed by atoms with van der Waals surface area (Å²) in [6, 6.07) is 3.55. The van der Waals surface area contributed by atoms with Crippen LogP contribution in [0.2, 0.25) is 0 Å². The fourth-order valence-electron chi connectivity index (χ4n) is 1.28. The monoisotopic (exact) mass is 261 g/mol. The first-order valence-corrected chi connectivity index (χ1v) is 4.97. The third kappa shape index (κ3) is 4.50. The van der Waals surface area contributed by atoms with Gasteiger partial charge in [-0.3, -0.25) is 4.79 Å². The van der Waals surface area contributed by atoms with Crippen LogP contribution in [0.5, 0.6) is 11.5 Å². The third-order valence-electron chi connectivity index (χ3n) is 2.08. The SMILES string of the molecule is CCOC(=O)C(N)Cc1ccc(O)c(O)c1.Cl. The van der Waals surface area contributed by atoms with Crippen molar-refractivity contribution in [3.63, 3.8) is 0 Å². The van der Waals surface area contributed by atoms with Crippen molar-refractivity contribution in [1.82, 2.24) is 0 Å². The molecule has 0 aromatic heterocycles. The molecule has 4 N–H and O–H groups in total. The number of phenolic OH excluding ortho intramolecular Hbond substituents is 2. The van der Waals surface area contributed by atoms with Gasteiger partial charge in [0.05, 0.1) is 6.61 Å². The van der Waals surface area contributed by atoms with E-state index in [2.05, 4.69) is 0 Å². The summed E-state index contributed by atoms with van der Waals surface area (Å²) in [5, 5.41) is 18.3. The number of rotatable bonds is 4. The van der Waals surface area contributed by atoms with Gasteiger partial charge in [-0.05, 0) is 31.0 Å². The van der Waals surface area contributed by atoms with Crippen molar-refractivity contribution in [2.45, 2.75) is 19.4 Å². The highest BCUT2D eigenvalue weighted by molar-refractivity contribution is 5.85. The number of benzene rings is 1. The molecule has 0 fully saturated rings. The largest absolute Gasteiger partial charge is 0.504 e. The maximum Gasteiger partial charge on any atom is 0.323 e. The van der Waals surface area contributed by atoms with Gasteiger partial charge in [0.1, 0.15) is 6.04 Å². The molecule has 1 unspecified atom stereocenters. The Hall–Kier alpha value is -1.46. The van der Waals surface area contributed by atoms with E-state index in [0.717, 1.165) is 0 Å². The number of aromatic hydroxyl groups is 2. The molecule has 17 heavy (non-hydrogen) atoms. The molecular weight excluding hydrogens is 246 g/mol. The van der Waals surface area contributed by atoms with Gasteiger partial charge in [0.15, 0.2) is 11.5 Å². The summed E-state index contributed by atoms with van der Waals surface area (Å²) in [7, 11) is 0. The maximum absolute atomic E-state index is 11.2. The molecule has 0 saturated heterocycles. The molecule has 0 aliphatic carbocycles. The third-order valence-corrected chi connectivity index (χ3v) is 2.08. The van der Waals surface area contributed by atoms with Crippen LogP contribution in [0.4, 0.5) is 0 Å². The average Bonchev–Trinajstić information content (AvgIpc) is 2.24. The van der Waals surface area contributed by atoms with Crippen molar-refractivity contribution in [3.8, 4) is 11.5 Å². The second-order valence-electron chi connectivity index (χ2n) is 3.39. The summed E-state index contributed by atoms with van der Waals surface area (Å²) in [6.07, 6.45) is 0.257. The summed E-state index contributed by atoms with van der Waals surface area (Å²) in [4.78, 5) is 11.2. The molecule has 0 amide bonds. The lowest BCUT2D eigenvalue weighted by Crippen LogP contribution is -2.34. The van der Waals surface area contributed by atoms with Crippen molar-refractivity contribution < 1.29 is 19.7 Å². The van der Waals surface area contributed by atoms with Crippen molar-refractivity contribution in [3.05, 3.63) is 23.8 Å². The fraction of sp³-hybridized carbons (Fsp3) is 0.364. The molecule has 96 valence electrons. The second-order valence-corrected chi connectivity index (χ2v) is 3.39. The quantitative estimate of drug-likeness (QED) is 0.554. The summed E-state index contributed by atoms with van der Waals surface area (Å²) in [6.45, 7) is 1.99. The van der Waals surface area contributed by atoms with Crippen LogP contribution in [0.25, 0.3) is 0 Å². The second kappa shape index (κ2) is 6.98. The molecule has 0 spiro atoms. The highest BCUT2D eigenvalue weighted by Crippen LogP contribution is 2.25. The molecule has 5 nitrogen and oxygen atoms in total. The van der Waals surface area contributed by atoms with Gasteiger partial charge in [-0.2, -0.15) is 0 Å². The molecule has 1 aromatic carbocycles. The summed E-state index contributed by atoms with van der Waals surface area (Å²) in [5.41, 5.74) is 6.27. The molecule has 0 aliphatic heterocycles. The average molecular weight is 262 g/mol. The van der Waals surface area contributed by atoms with Gasteiger partial charge in [-0.15, -0.1) is 12.4 Å². The predicted molar refractivity (Wildman–Crippen MR) is 65.3 cm³/mol. The molecule has 0 saturated carbocycles. The van der Waals surface area contributed by atoms with E-state index in [1.54, 1.807) is 13.0 Å². The zero-order valence-corrected chi connectivity index (χ0v) is 10.2. The van der Waals surface area contributed by atoms with Crippen molar-refractivity contribution in [1.29, 1.82) is 0 Å². The first-order chi connectivity index (χ1) is 7.54. The molecule has 6 heteroatoms. The lowest BCUT2D eigenvalue weighted by Gasteiger charge is -2.10. The number of hydrogen-bond donors (Lipinski definition) is 3. The number of ether oxygens (including phenoxy) is 1. The van der Waals surface area contributed by atoms with Gasteiger partial charge in [0, 0.05) is 0 Å². The lowest BCUT2D eigenvalue weighted by molar-refractivity contribution is -0.144. The highest BCUT2D eigenvalue weighted by atomic mass is 35.5. The van der Waals surface area contributed by atoms with E-state index in [9.17, 15) is 9.90 Å². The van der Waals surface area contributed by atoms with E-state index >= 15 is 0 Å². The summed E-state index contributed by atoms with van der Waals surface area (Å²) >= 11 is 0. The number of carbonyl (C=O) groups is 1. The number of carbonyl (C=O) groups excluding carboxylic acids is 1. The molecule has 1 rings (SSSR count). The van der Waals surface area contributed by atoms with Crippen LogP contribution in [0.3, 0.4) is 0 Å². The Bertz CT molecular complexity index is 384. The molecule has 1 aromatic rings. The van der Waals surface area contributed by atoms with Crippen molar-refractivity contribution in [2.75, 3.05) is 6.61 Å². The van der Waals surface area contributed by atoms with Crippen LogP contribution in [0, 0.1) is 0 Å². The molecule has 1 atom stereocenters. The zero-order chi connectivity index (χ0) is 12.1. The van der Waals surface area contributed by atoms with E-state index in [0.29, 0.717) is 5.56 Å². The number of phenols is 2. The Balaban J connectivity index is 0.00000256. The molecule has 0 radical (unpaired) electrons. The minimum absolute atomic E-state index is 0. The summed E-state index contributed by atoms with van der Waals surface area (Å²) in [5.74, 6) is -0.905. The van der Waals surface area contributed by atoms with E-state index < -0.39 is 12.0 Å². The van der Waals surface area contributed by atoms with Gasteiger partial charge < -0.3 is 20.7 Å². The van der Waals surface area contributed by atoms with E-state index in [1.807, 2.05) is 0 Å². The van der Waals surface area contributed by atoms with Crippen LogP contribution >= 0.6 is 12.4 Å². The Labute approximate surface area is 106 Å². The Morgan fingerprint density at radius 1 is 1.41 bits per heavy atom. The zero-order valence-electron chi connectivity index (χ0n) is 9.42. The van der Waals surface area contributed by atoms with Crippen LogP contribution in [0.1, 0.15) is 12.5 Å². The topological polar surface area (TPSA) is 92.8 Å². The van der Waals surface area contributed by atoms with Crippen LogP contribution in [-0.2, 0) is 16.0 Å². The maximum atomic E-state index is 11.2. The molecule has 0 heterocycles. The van der Waals surface area contributed by atoms with Crippen molar-refractivity contribution >= 4 is 18.4 Å². The van der Waals surface area contributed by atoms with E-state index in [-0.39, 0.29) is 36.9 Å². The molecule has 0 aliphatic rings. The fourth-order valence-corrected chi connectivity index (χ4v) is 1.28. The van der Waals surface area contributed by atoms with Gasteiger partial charge in [0.25, 0.3) is 0 Å². The normalized spacial score (nSPS) is 11.4. The van der Waals surface area contributed by atoms with Crippen LogP contribution in [0.15, 0.2) is 18.2 Å². The Morgan fingerprint density at radius 2 is 2.06 bits per heavy atom. The Kier molecular flexibility index (Phi) is 6.38. The molecule has 0 bridgehead atoms. The molecular formula is C11H16ClNO4. The smallest absolute Gasteiger partial charge is 0.323 e.